The molecule has 82 valence electrons. The summed E-state index contributed by atoms with van der Waals surface area (Å²) >= 11 is 11.4. The third kappa shape index (κ3) is 2.95. The Balaban J connectivity index is 3.22. The smallest absolute Gasteiger partial charge is 0.293 e. The van der Waals surface area contributed by atoms with Gasteiger partial charge in [0.1, 0.15) is 5.69 Å². The molecule has 1 aromatic carbocycles. The quantitative estimate of drug-likeness (QED) is 0.490. The summed E-state index contributed by atoms with van der Waals surface area (Å²) in [5, 5.41) is 13.8. The van der Waals surface area contributed by atoms with Crippen LogP contribution >= 0.6 is 23.2 Å². The van der Waals surface area contributed by atoms with Crippen LogP contribution in [0.5, 0.6) is 0 Å². The molecule has 1 atom stereocenters. The second-order valence-electron chi connectivity index (χ2n) is 2.97. The zero-order valence-corrected chi connectivity index (χ0v) is 9.34. The van der Waals surface area contributed by atoms with E-state index in [1.807, 2.05) is 0 Å². The maximum Gasteiger partial charge on any atom is 0.293 e. The number of nitrogens with two attached hydrogens (primary N) is 1. The number of nitrogens with zero attached hydrogens (tertiary/aromatic N) is 1. The predicted molar refractivity (Wildman–Crippen MR) is 60.4 cm³/mol. The van der Waals surface area contributed by atoms with Gasteiger partial charge in [-0.15, -0.1) is 0 Å². The number of halogens is 2. The van der Waals surface area contributed by atoms with Gasteiger partial charge in [-0.3, -0.25) is 10.1 Å². The molecule has 5 nitrogen and oxygen atoms in total. The summed E-state index contributed by atoms with van der Waals surface area (Å²) in [6, 6.07) is 2.57. The second kappa shape index (κ2) is 4.65. The highest BCUT2D eigenvalue weighted by molar-refractivity contribution is 6.42. The number of nitro groups is 1. The molecular formula is C8H9Cl2N3O2. The van der Waals surface area contributed by atoms with E-state index in [1.165, 1.54) is 12.1 Å². The maximum atomic E-state index is 10.7. The lowest BCUT2D eigenvalue weighted by Crippen LogP contribution is -2.25. The normalized spacial score (nSPS) is 12.3. The molecule has 0 bridgehead atoms. The first-order valence-corrected chi connectivity index (χ1v) is 4.83. The monoisotopic (exact) mass is 249 g/mol. The van der Waals surface area contributed by atoms with E-state index < -0.39 is 11.1 Å². The average molecular weight is 250 g/mol. The lowest BCUT2D eigenvalue weighted by Gasteiger charge is -2.11. The Bertz CT molecular complexity index is 396. The van der Waals surface area contributed by atoms with Crippen LogP contribution in [0.1, 0.15) is 6.92 Å². The van der Waals surface area contributed by atoms with Crippen molar-refractivity contribution in [3.8, 4) is 0 Å². The first-order valence-electron chi connectivity index (χ1n) is 4.07. The number of nitrogens with one attached hydrogen (secondary N) is 1. The first kappa shape index (κ1) is 12.0. The number of hydrogen-bond acceptors (Lipinski definition) is 4. The van der Waals surface area contributed by atoms with Crippen molar-refractivity contribution in [2.45, 2.75) is 13.1 Å². The zero-order valence-electron chi connectivity index (χ0n) is 7.83. The highest BCUT2D eigenvalue weighted by Crippen LogP contribution is 2.33. The Kier molecular flexibility index (Phi) is 3.73. The standard InChI is InChI=1S/C8H9Cl2N3O2/c1-4(11)12-7-2-5(9)6(10)3-8(7)13(14)15/h2-4,12H,11H2,1H3. The predicted octanol–water partition coefficient (Wildman–Crippen LogP) is 2.62. The molecule has 0 saturated heterocycles. The third-order valence-corrected chi connectivity index (χ3v) is 2.34. The number of nitro benzene ring substituents is 1. The van der Waals surface area contributed by atoms with Gasteiger partial charge in [-0.2, -0.15) is 0 Å². The molecule has 15 heavy (non-hydrogen) atoms. The van der Waals surface area contributed by atoms with Gasteiger partial charge >= 0.3 is 0 Å². The van der Waals surface area contributed by atoms with Crippen molar-refractivity contribution in [3.05, 3.63) is 32.3 Å². The van der Waals surface area contributed by atoms with E-state index in [9.17, 15) is 10.1 Å². The van der Waals surface area contributed by atoms with Crippen molar-refractivity contribution in [1.29, 1.82) is 0 Å². The van der Waals surface area contributed by atoms with Crippen LogP contribution in [0.3, 0.4) is 0 Å². The van der Waals surface area contributed by atoms with Crippen molar-refractivity contribution < 1.29 is 4.92 Å². The molecule has 0 aliphatic heterocycles. The summed E-state index contributed by atoms with van der Waals surface area (Å²) in [6.07, 6.45) is -0.416. The van der Waals surface area contributed by atoms with Crippen molar-refractivity contribution in [2.75, 3.05) is 5.32 Å². The fourth-order valence-corrected chi connectivity index (χ4v) is 1.37. The fraction of sp³-hybridized carbons (Fsp3) is 0.250. The first-order chi connectivity index (χ1) is 6.91. The van der Waals surface area contributed by atoms with Gasteiger partial charge in [-0.1, -0.05) is 23.2 Å². The van der Waals surface area contributed by atoms with Gasteiger partial charge in [0.25, 0.3) is 5.69 Å². The summed E-state index contributed by atoms with van der Waals surface area (Å²) in [5.41, 5.74) is 5.57. The van der Waals surface area contributed by atoms with E-state index in [1.54, 1.807) is 6.92 Å². The van der Waals surface area contributed by atoms with Gasteiger partial charge in [0, 0.05) is 6.07 Å². The van der Waals surface area contributed by atoms with E-state index in [2.05, 4.69) is 5.32 Å². The van der Waals surface area contributed by atoms with E-state index in [4.69, 9.17) is 28.9 Å². The SMILES string of the molecule is CC(N)Nc1cc(Cl)c(Cl)cc1[N+](=O)[O-]. The van der Waals surface area contributed by atoms with Crippen LogP contribution in [0, 0.1) is 10.1 Å². The molecule has 0 saturated carbocycles. The van der Waals surface area contributed by atoms with E-state index in [0.717, 1.165) is 0 Å². The Morgan fingerprint density at radius 3 is 2.47 bits per heavy atom. The maximum absolute atomic E-state index is 10.7. The Morgan fingerprint density at radius 2 is 2.00 bits per heavy atom. The summed E-state index contributed by atoms with van der Waals surface area (Å²) in [4.78, 5) is 10.1. The van der Waals surface area contributed by atoms with Crippen LogP contribution in [-0.2, 0) is 0 Å². The third-order valence-electron chi connectivity index (χ3n) is 1.62. The largest absolute Gasteiger partial charge is 0.365 e. The lowest BCUT2D eigenvalue weighted by atomic mass is 10.2. The molecule has 0 heterocycles. The molecule has 0 fully saturated rings. The van der Waals surface area contributed by atoms with Gasteiger partial charge in [0.05, 0.1) is 21.1 Å². The van der Waals surface area contributed by atoms with Crippen LogP contribution < -0.4 is 11.1 Å². The molecule has 0 aromatic heterocycles. The molecule has 0 aliphatic carbocycles. The minimum absolute atomic E-state index is 0.138. The topological polar surface area (TPSA) is 81.2 Å². The van der Waals surface area contributed by atoms with Gasteiger partial charge in [-0.05, 0) is 13.0 Å². The molecule has 1 rings (SSSR count). The Hall–Kier alpha value is -1.04. The minimum Gasteiger partial charge on any atom is -0.365 e. The van der Waals surface area contributed by atoms with Gasteiger partial charge in [0.2, 0.25) is 0 Å². The highest BCUT2D eigenvalue weighted by atomic mass is 35.5. The Labute approximate surface area is 96.3 Å². The summed E-state index contributed by atoms with van der Waals surface area (Å²) in [5.74, 6) is 0. The molecule has 1 unspecified atom stereocenters. The van der Waals surface area contributed by atoms with E-state index >= 15 is 0 Å². The van der Waals surface area contributed by atoms with Crippen LogP contribution in [0.4, 0.5) is 11.4 Å². The zero-order chi connectivity index (χ0) is 11.6. The van der Waals surface area contributed by atoms with Crippen molar-refractivity contribution >= 4 is 34.6 Å². The number of hydrogen-bond donors (Lipinski definition) is 2. The Morgan fingerprint density at radius 1 is 1.47 bits per heavy atom. The van der Waals surface area contributed by atoms with Gasteiger partial charge in [0.15, 0.2) is 0 Å². The fourth-order valence-electron chi connectivity index (χ4n) is 1.05. The van der Waals surface area contributed by atoms with Crippen LogP contribution in [0.2, 0.25) is 10.0 Å². The molecular weight excluding hydrogens is 241 g/mol. The summed E-state index contributed by atoms with van der Waals surface area (Å²) in [7, 11) is 0. The summed E-state index contributed by atoms with van der Waals surface area (Å²) in [6.45, 7) is 1.66. The molecule has 0 aliphatic rings. The number of benzene rings is 1. The summed E-state index contributed by atoms with van der Waals surface area (Å²) < 4.78 is 0. The van der Waals surface area contributed by atoms with Crippen molar-refractivity contribution in [1.82, 2.24) is 0 Å². The molecule has 0 radical (unpaired) electrons. The average Bonchev–Trinajstić information content (AvgIpc) is 2.09. The number of anilines is 1. The van der Waals surface area contributed by atoms with Crippen LogP contribution in [0.15, 0.2) is 12.1 Å². The highest BCUT2D eigenvalue weighted by Gasteiger charge is 2.17. The van der Waals surface area contributed by atoms with Gasteiger partial charge < -0.3 is 11.1 Å². The van der Waals surface area contributed by atoms with E-state index in [-0.39, 0.29) is 21.4 Å². The van der Waals surface area contributed by atoms with Crippen LogP contribution in [0.25, 0.3) is 0 Å². The van der Waals surface area contributed by atoms with Crippen LogP contribution in [-0.4, -0.2) is 11.1 Å². The molecule has 7 heteroatoms. The minimum atomic E-state index is -0.549. The number of rotatable bonds is 3. The molecule has 0 amide bonds. The lowest BCUT2D eigenvalue weighted by molar-refractivity contribution is -0.384. The second-order valence-corrected chi connectivity index (χ2v) is 3.79. The van der Waals surface area contributed by atoms with E-state index in [0.29, 0.717) is 0 Å². The van der Waals surface area contributed by atoms with Gasteiger partial charge in [-0.25, -0.2) is 0 Å². The van der Waals surface area contributed by atoms with Crippen molar-refractivity contribution in [2.24, 2.45) is 5.73 Å². The molecule has 0 spiro atoms. The molecule has 1 aromatic rings. The molecule has 3 N–H and O–H groups in total. The van der Waals surface area contributed by atoms with Crippen molar-refractivity contribution in [3.63, 3.8) is 0 Å².